The Labute approximate surface area is 193 Å². The van der Waals surface area contributed by atoms with Crippen LogP contribution in [-0.4, -0.2) is 24.5 Å². The van der Waals surface area contributed by atoms with Crippen LogP contribution in [0.1, 0.15) is 40.8 Å². The molecule has 2 aromatic carbocycles. The van der Waals surface area contributed by atoms with Crippen molar-refractivity contribution in [3.63, 3.8) is 0 Å². The zero-order chi connectivity index (χ0) is 22.2. The van der Waals surface area contributed by atoms with Crippen molar-refractivity contribution in [3.8, 4) is 5.75 Å². The van der Waals surface area contributed by atoms with Gasteiger partial charge >= 0.3 is 0 Å². The number of halogens is 3. The average Bonchev–Trinajstić information content (AvgIpc) is 2.98. The number of carbonyl (C=O) groups is 2. The zero-order valence-corrected chi connectivity index (χ0v) is 19.7. The lowest BCUT2D eigenvalue weighted by molar-refractivity contribution is 0.0923. The van der Waals surface area contributed by atoms with Crippen molar-refractivity contribution in [3.05, 3.63) is 55.8 Å². The number of fused-ring (bicyclic) bond motifs is 1. The number of hydrogen-bond acceptors (Lipinski definition) is 4. The predicted octanol–water partition coefficient (Wildman–Crippen LogP) is 6.65. The van der Waals surface area contributed by atoms with Crippen molar-refractivity contribution >= 4 is 73.7 Å². The van der Waals surface area contributed by atoms with Crippen molar-refractivity contribution in [2.24, 2.45) is 0 Å². The molecule has 1 aromatic heterocycles. The van der Waals surface area contributed by atoms with Gasteiger partial charge in [-0.3, -0.25) is 9.59 Å². The Morgan fingerprint density at radius 2 is 1.77 bits per heavy atom. The lowest BCUT2D eigenvalue weighted by Crippen LogP contribution is -2.40. The van der Waals surface area contributed by atoms with E-state index in [-0.39, 0.29) is 22.2 Å². The highest BCUT2D eigenvalue weighted by atomic mass is 35.5. The maximum Gasteiger partial charge on any atom is 0.263 e. The Balaban J connectivity index is 2.01. The lowest BCUT2D eigenvalue weighted by atomic mass is 10.1. The second kappa shape index (κ2) is 8.63. The van der Waals surface area contributed by atoms with Crippen LogP contribution in [0.25, 0.3) is 10.1 Å². The third-order valence-corrected chi connectivity index (χ3v) is 6.30. The van der Waals surface area contributed by atoms with Gasteiger partial charge in [-0.2, -0.15) is 0 Å². The van der Waals surface area contributed by atoms with E-state index in [1.165, 1.54) is 30.6 Å². The highest BCUT2D eigenvalue weighted by Crippen LogP contribution is 2.40. The molecule has 0 fully saturated rings. The molecule has 1 heterocycles. The van der Waals surface area contributed by atoms with E-state index in [2.05, 4.69) is 10.6 Å². The predicted molar refractivity (Wildman–Crippen MR) is 125 cm³/mol. The molecular weight excluding hydrogens is 467 g/mol. The molecule has 5 nitrogen and oxygen atoms in total. The fourth-order valence-corrected chi connectivity index (χ4v) is 4.90. The van der Waals surface area contributed by atoms with Gasteiger partial charge in [0.05, 0.1) is 33.1 Å². The first-order valence-corrected chi connectivity index (χ1v) is 10.8. The van der Waals surface area contributed by atoms with Crippen LogP contribution >= 0.6 is 46.1 Å². The number of carbonyl (C=O) groups excluding carboxylic acids is 2. The summed E-state index contributed by atoms with van der Waals surface area (Å²) in [6.07, 6.45) is 0. The quantitative estimate of drug-likeness (QED) is 0.435. The Morgan fingerprint density at radius 1 is 1.07 bits per heavy atom. The monoisotopic (exact) mass is 484 g/mol. The molecule has 3 rings (SSSR count). The first-order valence-electron chi connectivity index (χ1n) is 8.89. The maximum absolute atomic E-state index is 12.9. The molecule has 0 spiro atoms. The smallest absolute Gasteiger partial charge is 0.263 e. The highest BCUT2D eigenvalue weighted by Gasteiger charge is 2.23. The van der Waals surface area contributed by atoms with Crippen LogP contribution in [0.2, 0.25) is 15.1 Å². The molecule has 0 saturated carbocycles. The van der Waals surface area contributed by atoms with Gasteiger partial charge in [0.25, 0.3) is 11.8 Å². The number of methoxy groups -OCH3 is 1. The summed E-state index contributed by atoms with van der Waals surface area (Å²) in [6, 6.07) is 8.26. The summed E-state index contributed by atoms with van der Waals surface area (Å²) in [5.41, 5.74) is 0.300. The summed E-state index contributed by atoms with van der Waals surface area (Å²) in [6.45, 7) is 5.67. The van der Waals surface area contributed by atoms with E-state index in [4.69, 9.17) is 39.5 Å². The molecule has 3 aromatic rings. The van der Waals surface area contributed by atoms with Gasteiger partial charge in [-0.25, -0.2) is 0 Å². The minimum atomic E-state index is -0.450. The molecule has 0 saturated heterocycles. The molecule has 0 unspecified atom stereocenters. The molecule has 158 valence electrons. The van der Waals surface area contributed by atoms with Gasteiger partial charge in [-0.1, -0.05) is 46.9 Å². The molecule has 9 heteroatoms. The van der Waals surface area contributed by atoms with Gasteiger partial charge in [0.2, 0.25) is 0 Å². The summed E-state index contributed by atoms with van der Waals surface area (Å²) < 4.78 is 5.94. The van der Waals surface area contributed by atoms with Crippen LogP contribution in [0, 0.1) is 0 Å². The molecular formula is C21H19Cl3N2O3S. The molecule has 2 amide bonds. The number of nitrogens with one attached hydrogen (secondary N) is 2. The minimum Gasteiger partial charge on any atom is -0.494 e. The summed E-state index contributed by atoms with van der Waals surface area (Å²) in [5.74, 6) is -0.497. The van der Waals surface area contributed by atoms with E-state index < -0.39 is 11.4 Å². The summed E-state index contributed by atoms with van der Waals surface area (Å²) in [5, 5.41) is 7.31. The minimum absolute atomic E-state index is 0.195. The van der Waals surface area contributed by atoms with Gasteiger partial charge in [-0.15, -0.1) is 11.3 Å². The van der Waals surface area contributed by atoms with E-state index in [1.807, 2.05) is 20.8 Å². The fourth-order valence-electron chi connectivity index (χ4n) is 2.86. The molecule has 0 aliphatic rings. The molecule has 0 radical (unpaired) electrons. The van der Waals surface area contributed by atoms with Gasteiger partial charge in [0.1, 0.15) is 10.6 Å². The standard InChI is InChI=1S/C21H19Cl3N2O3S/c1-21(2,3)26-20(28)18-15(24)11-6-5-7-14(17(11)30-18)25-19(27)12-8-10(22)9-13(23)16(12)29-4/h5-9H,1-4H3,(H,25,27)(H,26,28). The maximum atomic E-state index is 12.9. The summed E-state index contributed by atoms with van der Waals surface area (Å²) >= 11 is 19.9. The number of hydrogen-bond donors (Lipinski definition) is 2. The lowest BCUT2D eigenvalue weighted by Gasteiger charge is -2.19. The van der Waals surface area contributed by atoms with Crippen LogP contribution in [0.15, 0.2) is 30.3 Å². The number of amides is 2. The fraction of sp³-hybridized carbons (Fsp3) is 0.238. The Morgan fingerprint density at radius 3 is 2.40 bits per heavy atom. The van der Waals surface area contributed by atoms with Gasteiger partial charge < -0.3 is 15.4 Å². The SMILES string of the molecule is COc1c(Cl)cc(Cl)cc1C(=O)Nc1cccc2c(Cl)c(C(=O)NC(C)(C)C)sc12. The molecule has 0 aliphatic heterocycles. The average molecular weight is 486 g/mol. The van der Waals surface area contributed by atoms with Crippen LogP contribution < -0.4 is 15.4 Å². The molecule has 30 heavy (non-hydrogen) atoms. The van der Waals surface area contributed by atoms with Crippen LogP contribution in [-0.2, 0) is 0 Å². The van der Waals surface area contributed by atoms with Crippen molar-refractivity contribution in [1.82, 2.24) is 5.32 Å². The third-order valence-electron chi connectivity index (χ3n) is 4.06. The van der Waals surface area contributed by atoms with Crippen LogP contribution in [0.4, 0.5) is 5.69 Å². The topological polar surface area (TPSA) is 67.4 Å². The van der Waals surface area contributed by atoms with Crippen molar-refractivity contribution < 1.29 is 14.3 Å². The molecule has 0 bridgehead atoms. The van der Waals surface area contributed by atoms with E-state index in [0.717, 1.165) is 0 Å². The third kappa shape index (κ3) is 4.67. The number of benzene rings is 2. The molecule has 2 N–H and O–H groups in total. The number of rotatable bonds is 4. The molecule has 0 aliphatic carbocycles. The van der Waals surface area contributed by atoms with Crippen molar-refractivity contribution in [2.45, 2.75) is 26.3 Å². The van der Waals surface area contributed by atoms with E-state index in [0.29, 0.717) is 30.7 Å². The highest BCUT2D eigenvalue weighted by molar-refractivity contribution is 7.22. The van der Waals surface area contributed by atoms with E-state index in [1.54, 1.807) is 18.2 Å². The summed E-state index contributed by atoms with van der Waals surface area (Å²) in [7, 11) is 1.42. The van der Waals surface area contributed by atoms with Crippen LogP contribution in [0.5, 0.6) is 5.75 Å². The number of ether oxygens (including phenoxy) is 1. The zero-order valence-electron chi connectivity index (χ0n) is 16.7. The number of anilines is 1. The van der Waals surface area contributed by atoms with E-state index >= 15 is 0 Å². The van der Waals surface area contributed by atoms with Crippen molar-refractivity contribution in [1.29, 1.82) is 0 Å². The number of thiophene rings is 1. The Bertz CT molecular complexity index is 1150. The van der Waals surface area contributed by atoms with E-state index in [9.17, 15) is 9.59 Å². The Hall–Kier alpha value is -1.99. The largest absolute Gasteiger partial charge is 0.494 e. The van der Waals surface area contributed by atoms with Gasteiger partial charge in [0, 0.05) is 15.9 Å². The van der Waals surface area contributed by atoms with Crippen LogP contribution in [0.3, 0.4) is 0 Å². The molecule has 0 atom stereocenters. The Kier molecular flexibility index (Phi) is 6.53. The van der Waals surface area contributed by atoms with Gasteiger partial charge in [-0.05, 0) is 39.0 Å². The first kappa shape index (κ1) is 22.7. The second-order valence-electron chi connectivity index (χ2n) is 7.55. The van der Waals surface area contributed by atoms with Gasteiger partial charge in [0.15, 0.2) is 0 Å². The van der Waals surface area contributed by atoms with Crippen molar-refractivity contribution in [2.75, 3.05) is 12.4 Å². The normalized spacial score (nSPS) is 11.4. The second-order valence-corrected chi connectivity index (χ2v) is 9.80. The first-order chi connectivity index (χ1) is 14.0. The summed E-state index contributed by atoms with van der Waals surface area (Å²) in [4.78, 5) is 26.0.